The smallest absolute Gasteiger partial charge is 0.391 e. The van der Waals surface area contributed by atoms with Crippen LogP contribution in [0.3, 0.4) is 0 Å². The number of carbonyl (C=O) groups is 1. The van der Waals surface area contributed by atoms with Crippen molar-refractivity contribution in [2.75, 3.05) is 0 Å². The summed E-state index contributed by atoms with van der Waals surface area (Å²) in [6.45, 7) is 1.50. The summed E-state index contributed by atoms with van der Waals surface area (Å²) < 4.78 is 37.9. The third kappa shape index (κ3) is 4.29. The van der Waals surface area contributed by atoms with Gasteiger partial charge in [0.2, 0.25) is 5.91 Å². The van der Waals surface area contributed by atoms with Crippen LogP contribution in [0.15, 0.2) is 5.16 Å². The van der Waals surface area contributed by atoms with E-state index in [1.54, 1.807) is 0 Å². The molecule has 1 aliphatic rings. The summed E-state index contributed by atoms with van der Waals surface area (Å²) in [5, 5.41) is 13.6. The van der Waals surface area contributed by atoms with Gasteiger partial charge in [0.1, 0.15) is 0 Å². The number of halogens is 3. The molecule has 1 fully saturated rings. The fraction of sp³-hybridized carbons (Fsp3) is 0.818. The third-order valence-electron chi connectivity index (χ3n) is 3.43. The minimum atomic E-state index is -4.25. The van der Waals surface area contributed by atoms with Gasteiger partial charge in [-0.05, 0) is 26.2 Å². The average Bonchev–Trinajstić information content (AvgIpc) is 2.36. The Bertz CT molecular complexity index is 358. The van der Waals surface area contributed by atoms with Gasteiger partial charge in [0, 0.05) is 5.92 Å². The van der Waals surface area contributed by atoms with Crippen LogP contribution in [0.5, 0.6) is 0 Å². The van der Waals surface area contributed by atoms with Crippen molar-refractivity contribution >= 4 is 11.7 Å². The summed E-state index contributed by atoms with van der Waals surface area (Å²) in [4.78, 5) is 11.8. The maximum atomic E-state index is 12.6. The van der Waals surface area contributed by atoms with Gasteiger partial charge < -0.3 is 16.3 Å². The molecule has 0 radical (unpaired) electrons. The zero-order valence-electron chi connectivity index (χ0n) is 10.6. The minimum absolute atomic E-state index is 0.0725. The molecule has 19 heavy (non-hydrogen) atoms. The van der Waals surface area contributed by atoms with E-state index in [4.69, 9.17) is 10.9 Å². The first-order chi connectivity index (χ1) is 8.75. The summed E-state index contributed by atoms with van der Waals surface area (Å²) >= 11 is 0. The number of alkyl halides is 3. The molecule has 4 N–H and O–H groups in total. The molecule has 0 aromatic heterocycles. The Morgan fingerprint density at radius 3 is 2.63 bits per heavy atom. The predicted octanol–water partition coefficient (Wildman–Crippen LogP) is 1.61. The summed E-state index contributed by atoms with van der Waals surface area (Å²) in [6, 6.07) is -0.705. The first kappa shape index (κ1) is 15.6. The van der Waals surface area contributed by atoms with Crippen molar-refractivity contribution in [1.82, 2.24) is 5.32 Å². The highest BCUT2D eigenvalue weighted by atomic mass is 19.4. The van der Waals surface area contributed by atoms with Crippen LogP contribution in [-0.4, -0.2) is 29.2 Å². The zero-order chi connectivity index (χ0) is 14.6. The number of oxime groups is 1. The normalized spacial score (nSPS) is 26.8. The molecule has 0 heterocycles. The molecule has 5 nitrogen and oxygen atoms in total. The third-order valence-corrected chi connectivity index (χ3v) is 3.43. The van der Waals surface area contributed by atoms with Gasteiger partial charge in [-0.15, -0.1) is 0 Å². The number of amidine groups is 1. The monoisotopic (exact) mass is 281 g/mol. The highest BCUT2D eigenvalue weighted by molar-refractivity contribution is 5.90. The van der Waals surface area contributed by atoms with Gasteiger partial charge >= 0.3 is 6.18 Å². The van der Waals surface area contributed by atoms with Gasteiger partial charge in [-0.2, -0.15) is 13.2 Å². The zero-order valence-corrected chi connectivity index (χ0v) is 10.6. The SMILES string of the molecule is CC(NC(=O)C1CCCC(C(F)(F)F)C1)C(N)=NO. The average molecular weight is 281 g/mol. The Hall–Kier alpha value is -1.47. The van der Waals surface area contributed by atoms with Crippen LogP contribution >= 0.6 is 0 Å². The molecule has 0 aromatic carbocycles. The Kier molecular flexibility index (Phi) is 5.02. The van der Waals surface area contributed by atoms with E-state index >= 15 is 0 Å². The number of rotatable bonds is 3. The van der Waals surface area contributed by atoms with Gasteiger partial charge in [-0.1, -0.05) is 11.6 Å². The molecule has 110 valence electrons. The highest BCUT2D eigenvalue weighted by Crippen LogP contribution is 2.39. The number of hydrogen-bond acceptors (Lipinski definition) is 3. The topological polar surface area (TPSA) is 87.7 Å². The molecule has 0 saturated heterocycles. The van der Waals surface area contributed by atoms with E-state index in [1.807, 2.05) is 0 Å². The molecule has 0 bridgehead atoms. The predicted molar refractivity (Wildman–Crippen MR) is 62.5 cm³/mol. The molecular weight excluding hydrogens is 263 g/mol. The first-order valence-corrected chi connectivity index (χ1v) is 6.10. The molecule has 3 atom stereocenters. The standard InChI is InChI=1S/C11H18F3N3O2/c1-6(9(15)17-19)16-10(18)7-3-2-4-8(5-7)11(12,13)14/h6-8,19H,2-5H2,1H3,(H2,15,17)(H,16,18). The van der Waals surface area contributed by atoms with Crippen LogP contribution in [0.4, 0.5) is 13.2 Å². The second-order valence-electron chi connectivity index (χ2n) is 4.86. The maximum Gasteiger partial charge on any atom is 0.391 e. The van der Waals surface area contributed by atoms with Crippen molar-refractivity contribution in [1.29, 1.82) is 0 Å². The van der Waals surface area contributed by atoms with Gasteiger partial charge in [0.25, 0.3) is 0 Å². The van der Waals surface area contributed by atoms with Crippen LogP contribution in [0.2, 0.25) is 0 Å². The first-order valence-electron chi connectivity index (χ1n) is 6.10. The fourth-order valence-electron chi connectivity index (χ4n) is 2.22. The lowest BCUT2D eigenvalue weighted by Crippen LogP contribution is -2.46. The van der Waals surface area contributed by atoms with Crippen molar-refractivity contribution in [3.8, 4) is 0 Å². The Morgan fingerprint density at radius 2 is 2.11 bits per heavy atom. The molecule has 1 saturated carbocycles. The van der Waals surface area contributed by atoms with E-state index in [2.05, 4.69) is 10.5 Å². The number of nitrogens with one attached hydrogen (secondary N) is 1. The number of nitrogens with zero attached hydrogens (tertiary/aromatic N) is 1. The van der Waals surface area contributed by atoms with Gasteiger partial charge in [0.05, 0.1) is 12.0 Å². The number of amides is 1. The van der Waals surface area contributed by atoms with Gasteiger partial charge in [-0.25, -0.2) is 0 Å². The Labute approximate surface area is 109 Å². The van der Waals surface area contributed by atoms with Crippen molar-refractivity contribution in [3.05, 3.63) is 0 Å². The van der Waals surface area contributed by atoms with Crippen LogP contribution in [0.25, 0.3) is 0 Å². The fourth-order valence-corrected chi connectivity index (χ4v) is 2.22. The van der Waals surface area contributed by atoms with Crippen molar-refractivity contribution < 1.29 is 23.2 Å². The van der Waals surface area contributed by atoms with Crippen LogP contribution in [0, 0.1) is 11.8 Å². The van der Waals surface area contributed by atoms with Gasteiger partial charge in [-0.3, -0.25) is 4.79 Å². The highest BCUT2D eigenvalue weighted by Gasteiger charge is 2.43. The van der Waals surface area contributed by atoms with Crippen LogP contribution < -0.4 is 11.1 Å². The Balaban J connectivity index is 2.58. The van der Waals surface area contributed by atoms with E-state index in [1.165, 1.54) is 6.92 Å². The lowest BCUT2D eigenvalue weighted by atomic mass is 9.80. The number of nitrogens with two attached hydrogens (primary N) is 1. The lowest BCUT2D eigenvalue weighted by molar-refractivity contribution is -0.186. The molecule has 8 heteroatoms. The van der Waals surface area contributed by atoms with E-state index in [0.717, 1.165) is 0 Å². The van der Waals surface area contributed by atoms with Crippen molar-refractivity contribution in [3.63, 3.8) is 0 Å². The molecule has 1 rings (SSSR count). The minimum Gasteiger partial charge on any atom is -0.409 e. The lowest BCUT2D eigenvalue weighted by Gasteiger charge is -2.30. The van der Waals surface area contributed by atoms with E-state index in [9.17, 15) is 18.0 Å². The number of hydrogen-bond donors (Lipinski definition) is 3. The summed E-state index contributed by atoms with van der Waals surface area (Å²) in [5.74, 6) is -2.75. The molecule has 1 aliphatic carbocycles. The van der Waals surface area contributed by atoms with Crippen molar-refractivity contribution in [2.45, 2.75) is 44.8 Å². The maximum absolute atomic E-state index is 12.6. The second-order valence-corrected chi connectivity index (χ2v) is 4.86. The van der Waals surface area contributed by atoms with E-state index in [-0.39, 0.29) is 18.7 Å². The largest absolute Gasteiger partial charge is 0.409 e. The van der Waals surface area contributed by atoms with Crippen LogP contribution in [-0.2, 0) is 4.79 Å². The quantitative estimate of drug-likeness (QED) is 0.318. The van der Waals surface area contributed by atoms with Crippen LogP contribution in [0.1, 0.15) is 32.6 Å². The molecule has 3 unspecified atom stereocenters. The molecule has 0 aliphatic heterocycles. The van der Waals surface area contributed by atoms with Crippen molar-refractivity contribution in [2.24, 2.45) is 22.7 Å². The molecule has 0 aromatic rings. The summed E-state index contributed by atoms with van der Waals surface area (Å²) in [7, 11) is 0. The Morgan fingerprint density at radius 1 is 1.47 bits per heavy atom. The molecular formula is C11H18F3N3O2. The molecule has 1 amide bonds. The van der Waals surface area contributed by atoms with E-state index in [0.29, 0.717) is 12.8 Å². The number of carbonyl (C=O) groups excluding carboxylic acids is 1. The second kappa shape index (κ2) is 6.12. The molecule has 0 spiro atoms. The van der Waals surface area contributed by atoms with Gasteiger partial charge in [0.15, 0.2) is 5.84 Å². The summed E-state index contributed by atoms with van der Waals surface area (Å²) in [6.07, 6.45) is -3.57. The van der Waals surface area contributed by atoms with E-state index < -0.39 is 30.0 Å². The summed E-state index contributed by atoms with van der Waals surface area (Å²) in [5.41, 5.74) is 5.30.